The van der Waals surface area contributed by atoms with Gasteiger partial charge in [0.15, 0.2) is 0 Å². The van der Waals surface area contributed by atoms with Gasteiger partial charge in [-0.3, -0.25) is 4.79 Å². The van der Waals surface area contributed by atoms with E-state index in [2.05, 4.69) is 12.2 Å². The van der Waals surface area contributed by atoms with E-state index >= 15 is 0 Å². The van der Waals surface area contributed by atoms with Crippen molar-refractivity contribution in [2.24, 2.45) is 5.92 Å². The largest absolute Gasteiger partial charge is 0.465 e. The summed E-state index contributed by atoms with van der Waals surface area (Å²) in [5, 5.41) is 3.58. The molecule has 2 heterocycles. The molecular formula is C15H24N2O2. The first kappa shape index (κ1) is 14.1. The number of furan rings is 1. The minimum atomic E-state index is 0.193. The number of hydrogen-bond donors (Lipinski definition) is 1. The van der Waals surface area contributed by atoms with Crippen LogP contribution in [0.15, 0.2) is 16.5 Å². The zero-order chi connectivity index (χ0) is 13.8. The fourth-order valence-corrected chi connectivity index (χ4v) is 2.81. The van der Waals surface area contributed by atoms with Crippen molar-refractivity contribution in [3.63, 3.8) is 0 Å². The van der Waals surface area contributed by atoms with Gasteiger partial charge in [0.05, 0.1) is 6.54 Å². The monoisotopic (exact) mass is 264 g/mol. The van der Waals surface area contributed by atoms with Crippen LogP contribution in [0.2, 0.25) is 0 Å². The number of carbonyl (C=O) groups excluding carboxylic acids is 1. The molecule has 1 amide bonds. The Hall–Kier alpha value is -1.29. The van der Waals surface area contributed by atoms with Gasteiger partial charge in [-0.15, -0.1) is 0 Å². The van der Waals surface area contributed by atoms with Crippen LogP contribution < -0.4 is 5.32 Å². The average molecular weight is 264 g/mol. The van der Waals surface area contributed by atoms with Crippen LogP contribution in [0.25, 0.3) is 0 Å². The Balaban J connectivity index is 1.87. The number of rotatable bonds is 4. The molecule has 2 rings (SSSR count). The van der Waals surface area contributed by atoms with Gasteiger partial charge >= 0.3 is 0 Å². The Morgan fingerprint density at radius 3 is 2.89 bits per heavy atom. The number of likely N-dealkylation sites (tertiary alicyclic amines) is 1. The number of piperidine rings is 1. The molecule has 1 aliphatic heterocycles. The van der Waals surface area contributed by atoms with Crippen LogP contribution in [0.3, 0.4) is 0 Å². The molecule has 2 atom stereocenters. The quantitative estimate of drug-likeness (QED) is 0.907. The smallest absolute Gasteiger partial charge is 0.219 e. The van der Waals surface area contributed by atoms with E-state index in [-0.39, 0.29) is 5.91 Å². The summed E-state index contributed by atoms with van der Waals surface area (Å²) in [5.41, 5.74) is 0. The molecule has 0 aliphatic carbocycles. The summed E-state index contributed by atoms with van der Waals surface area (Å²) in [6.07, 6.45) is 2.12. The highest BCUT2D eigenvalue weighted by Gasteiger charge is 2.28. The zero-order valence-corrected chi connectivity index (χ0v) is 12.1. The maximum atomic E-state index is 11.4. The number of carbonyl (C=O) groups is 1. The van der Waals surface area contributed by atoms with Crippen molar-refractivity contribution < 1.29 is 9.21 Å². The first-order chi connectivity index (χ1) is 9.10. The fourth-order valence-electron chi connectivity index (χ4n) is 2.81. The summed E-state index contributed by atoms with van der Waals surface area (Å²) in [4.78, 5) is 13.4. The molecule has 1 aromatic heterocycles. The minimum absolute atomic E-state index is 0.193. The lowest BCUT2D eigenvalue weighted by molar-refractivity contribution is -0.131. The predicted molar refractivity (Wildman–Crippen MR) is 74.7 cm³/mol. The van der Waals surface area contributed by atoms with E-state index < -0.39 is 0 Å². The van der Waals surface area contributed by atoms with Gasteiger partial charge in [-0.25, -0.2) is 0 Å². The molecule has 4 heteroatoms. The van der Waals surface area contributed by atoms with Crippen molar-refractivity contribution in [2.75, 3.05) is 13.1 Å². The molecule has 0 saturated carbocycles. The molecule has 1 N–H and O–H groups in total. The number of nitrogens with one attached hydrogen (secondary N) is 1. The highest BCUT2D eigenvalue weighted by Crippen LogP contribution is 2.21. The van der Waals surface area contributed by atoms with E-state index in [4.69, 9.17) is 4.42 Å². The van der Waals surface area contributed by atoms with Gasteiger partial charge in [0.1, 0.15) is 11.5 Å². The van der Waals surface area contributed by atoms with Crippen LogP contribution >= 0.6 is 0 Å². The summed E-state index contributed by atoms with van der Waals surface area (Å²) in [6.45, 7) is 8.33. The molecule has 0 unspecified atom stereocenters. The summed E-state index contributed by atoms with van der Waals surface area (Å²) in [6, 6.07) is 4.49. The highest BCUT2D eigenvalue weighted by molar-refractivity contribution is 5.73. The molecule has 1 fully saturated rings. The molecule has 1 aliphatic rings. The summed E-state index contributed by atoms with van der Waals surface area (Å²) in [7, 11) is 0. The van der Waals surface area contributed by atoms with Gasteiger partial charge in [-0.2, -0.15) is 0 Å². The summed E-state index contributed by atoms with van der Waals surface area (Å²) in [5.74, 6) is 2.67. The molecule has 4 nitrogen and oxygen atoms in total. The molecule has 0 spiro atoms. The third kappa shape index (κ3) is 3.60. The highest BCUT2D eigenvalue weighted by atomic mass is 16.3. The normalized spacial score (nSPS) is 23.6. The van der Waals surface area contributed by atoms with Crippen LogP contribution in [0, 0.1) is 12.8 Å². The van der Waals surface area contributed by atoms with E-state index in [0.29, 0.717) is 12.0 Å². The molecule has 1 saturated heterocycles. The Labute approximate surface area is 115 Å². The Morgan fingerprint density at radius 2 is 2.32 bits per heavy atom. The Bertz CT molecular complexity index is 428. The van der Waals surface area contributed by atoms with Crippen molar-refractivity contribution in [1.29, 1.82) is 0 Å². The van der Waals surface area contributed by atoms with Crippen LogP contribution in [0.4, 0.5) is 0 Å². The van der Waals surface area contributed by atoms with Crippen molar-refractivity contribution >= 4 is 5.91 Å². The van der Waals surface area contributed by atoms with Crippen molar-refractivity contribution in [2.45, 2.75) is 46.2 Å². The maximum Gasteiger partial charge on any atom is 0.219 e. The van der Waals surface area contributed by atoms with E-state index in [1.807, 2.05) is 24.0 Å². The molecule has 106 valence electrons. The topological polar surface area (TPSA) is 45.5 Å². The Kier molecular flexibility index (Phi) is 4.64. The lowest BCUT2D eigenvalue weighted by Gasteiger charge is -2.38. The Morgan fingerprint density at radius 1 is 1.53 bits per heavy atom. The SMILES string of the molecule is CC[C@@H]1CN(C(C)=O)CC[C@@H]1NCc1ccc(C)o1. The van der Waals surface area contributed by atoms with E-state index in [9.17, 15) is 4.79 Å². The number of amides is 1. The number of hydrogen-bond acceptors (Lipinski definition) is 3. The average Bonchev–Trinajstić information content (AvgIpc) is 2.81. The van der Waals surface area contributed by atoms with Gasteiger partial charge in [-0.05, 0) is 31.4 Å². The third-order valence-corrected chi connectivity index (χ3v) is 4.04. The van der Waals surface area contributed by atoms with Crippen LogP contribution in [0.5, 0.6) is 0 Å². The van der Waals surface area contributed by atoms with Gasteiger partial charge in [0.2, 0.25) is 5.91 Å². The van der Waals surface area contributed by atoms with Crippen LogP contribution in [-0.4, -0.2) is 29.9 Å². The van der Waals surface area contributed by atoms with E-state index in [1.54, 1.807) is 6.92 Å². The zero-order valence-electron chi connectivity index (χ0n) is 12.1. The minimum Gasteiger partial charge on any atom is -0.465 e. The van der Waals surface area contributed by atoms with Crippen molar-refractivity contribution in [3.8, 4) is 0 Å². The lowest BCUT2D eigenvalue weighted by Crippen LogP contribution is -2.50. The van der Waals surface area contributed by atoms with Gasteiger partial charge in [-0.1, -0.05) is 13.3 Å². The number of nitrogens with zero attached hydrogens (tertiary/aromatic N) is 1. The summed E-state index contributed by atoms with van der Waals surface area (Å²) >= 11 is 0. The first-order valence-electron chi connectivity index (χ1n) is 7.14. The van der Waals surface area contributed by atoms with Gasteiger partial charge < -0.3 is 14.6 Å². The third-order valence-electron chi connectivity index (χ3n) is 4.04. The number of aryl methyl sites for hydroxylation is 1. The standard InChI is InChI=1S/C15H24N2O2/c1-4-13-10-17(12(3)18)8-7-15(13)16-9-14-6-5-11(2)19-14/h5-6,13,15-16H,4,7-10H2,1-3H3/t13-,15+/m1/s1. The van der Waals surface area contributed by atoms with Crippen molar-refractivity contribution in [1.82, 2.24) is 10.2 Å². The van der Waals surface area contributed by atoms with Crippen LogP contribution in [-0.2, 0) is 11.3 Å². The second-order valence-corrected chi connectivity index (χ2v) is 5.42. The van der Waals surface area contributed by atoms with Crippen molar-refractivity contribution in [3.05, 3.63) is 23.7 Å². The van der Waals surface area contributed by atoms with E-state index in [1.165, 1.54) is 0 Å². The molecule has 0 bridgehead atoms. The molecule has 19 heavy (non-hydrogen) atoms. The molecule has 0 aromatic carbocycles. The molecule has 0 radical (unpaired) electrons. The second-order valence-electron chi connectivity index (χ2n) is 5.42. The molecule has 1 aromatic rings. The second kappa shape index (κ2) is 6.24. The predicted octanol–water partition coefficient (Wildman–Crippen LogP) is 2.32. The summed E-state index contributed by atoms with van der Waals surface area (Å²) < 4.78 is 5.58. The van der Waals surface area contributed by atoms with Crippen LogP contribution in [0.1, 0.15) is 38.2 Å². The lowest BCUT2D eigenvalue weighted by atomic mass is 9.90. The van der Waals surface area contributed by atoms with Gasteiger partial charge in [0.25, 0.3) is 0 Å². The maximum absolute atomic E-state index is 11.4. The molecular weight excluding hydrogens is 240 g/mol. The first-order valence-corrected chi connectivity index (χ1v) is 7.14. The van der Waals surface area contributed by atoms with E-state index in [0.717, 1.165) is 44.0 Å². The van der Waals surface area contributed by atoms with Gasteiger partial charge in [0, 0.05) is 26.1 Å². The fraction of sp³-hybridized carbons (Fsp3) is 0.667.